The van der Waals surface area contributed by atoms with Crippen LogP contribution in [0.5, 0.6) is 0 Å². The highest BCUT2D eigenvalue weighted by Gasteiger charge is 2.12. The highest BCUT2D eigenvalue weighted by Crippen LogP contribution is 2.10. The molecule has 1 aromatic rings. The molecule has 110 valence electrons. The number of anilines is 1. The number of carbonyl (C=O) groups is 2. The number of hydrogen-bond acceptors (Lipinski definition) is 3. The van der Waals surface area contributed by atoms with Crippen molar-refractivity contribution in [3.8, 4) is 0 Å². The Morgan fingerprint density at radius 3 is 2.35 bits per heavy atom. The molecule has 5 nitrogen and oxygen atoms in total. The summed E-state index contributed by atoms with van der Waals surface area (Å²) in [4.78, 5) is 23.5. The van der Waals surface area contributed by atoms with Gasteiger partial charge in [0.05, 0.1) is 6.04 Å². The average Bonchev–Trinajstić information content (AvgIpc) is 2.45. The highest BCUT2D eigenvalue weighted by molar-refractivity contribution is 5.97. The minimum atomic E-state index is -0.493. The Hall–Kier alpha value is -1.88. The molecule has 0 aliphatic carbocycles. The molecule has 1 unspecified atom stereocenters. The summed E-state index contributed by atoms with van der Waals surface area (Å²) in [5.74, 6) is -0.303. The van der Waals surface area contributed by atoms with Crippen molar-refractivity contribution in [2.24, 2.45) is 5.73 Å². The quantitative estimate of drug-likeness (QED) is 0.711. The lowest BCUT2D eigenvalue weighted by molar-refractivity contribution is -0.117. The van der Waals surface area contributed by atoms with Crippen LogP contribution in [-0.2, 0) is 4.79 Å². The molecule has 0 aliphatic heterocycles. The summed E-state index contributed by atoms with van der Waals surface area (Å²) in [5, 5.41) is 5.54. The molecule has 5 heteroatoms. The van der Waals surface area contributed by atoms with E-state index < -0.39 is 6.04 Å². The number of benzene rings is 1. The number of amides is 2. The van der Waals surface area contributed by atoms with Gasteiger partial charge < -0.3 is 16.4 Å². The first-order valence-electron chi connectivity index (χ1n) is 7.03. The Morgan fingerprint density at radius 2 is 1.80 bits per heavy atom. The zero-order valence-corrected chi connectivity index (χ0v) is 12.1. The fourth-order valence-corrected chi connectivity index (χ4v) is 1.72. The van der Waals surface area contributed by atoms with Gasteiger partial charge in [0, 0.05) is 17.8 Å². The second kappa shape index (κ2) is 8.32. The number of nitrogens with two attached hydrogens (primary N) is 1. The molecule has 1 atom stereocenters. The largest absolute Gasteiger partial charge is 0.352 e. The number of rotatable bonds is 7. The predicted molar refractivity (Wildman–Crippen MR) is 80.6 cm³/mol. The first kappa shape index (κ1) is 16.2. The fraction of sp³-hybridized carbons (Fsp3) is 0.467. The maximum absolute atomic E-state index is 11.7. The second-order valence-electron chi connectivity index (χ2n) is 4.72. The Labute approximate surface area is 119 Å². The summed E-state index contributed by atoms with van der Waals surface area (Å²) >= 11 is 0. The Bertz CT molecular complexity index is 443. The summed E-state index contributed by atoms with van der Waals surface area (Å²) < 4.78 is 0. The summed E-state index contributed by atoms with van der Waals surface area (Å²) in [6, 6.07) is 6.29. The van der Waals surface area contributed by atoms with Gasteiger partial charge in [-0.2, -0.15) is 0 Å². The molecule has 0 aromatic heterocycles. The van der Waals surface area contributed by atoms with Gasteiger partial charge in [0.1, 0.15) is 0 Å². The van der Waals surface area contributed by atoms with Gasteiger partial charge in [0.2, 0.25) is 5.91 Å². The van der Waals surface area contributed by atoms with E-state index in [1.807, 2.05) is 13.8 Å². The summed E-state index contributed by atoms with van der Waals surface area (Å²) in [6.07, 6.45) is 2.42. The highest BCUT2D eigenvalue weighted by atomic mass is 16.2. The first-order valence-corrected chi connectivity index (χ1v) is 7.03. The second-order valence-corrected chi connectivity index (χ2v) is 4.72. The summed E-state index contributed by atoms with van der Waals surface area (Å²) in [7, 11) is 0. The molecule has 0 bridgehead atoms. The molecule has 1 aromatic carbocycles. The van der Waals surface area contributed by atoms with Gasteiger partial charge >= 0.3 is 0 Å². The third-order valence-electron chi connectivity index (χ3n) is 2.89. The smallest absolute Gasteiger partial charge is 0.251 e. The van der Waals surface area contributed by atoms with Crippen LogP contribution in [0.25, 0.3) is 0 Å². The zero-order valence-electron chi connectivity index (χ0n) is 12.1. The van der Waals surface area contributed by atoms with E-state index in [1.165, 1.54) is 0 Å². The fourth-order valence-electron chi connectivity index (χ4n) is 1.72. The van der Waals surface area contributed by atoms with Crippen LogP contribution < -0.4 is 16.4 Å². The lowest BCUT2D eigenvalue weighted by Crippen LogP contribution is -2.35. The maximum atomic E-state index is 11.7. The maximum Gasteiger partial charge on any atom is 0.251 e. The van der Waals surface area contributed by atoms with Crippen LogP contribution in [0, 0.1) is 0 Å². The molecule has 0 aliphatic rings. The Balaban J connectivity index is 2.58. The van der Waals surface area contributed by atoms with Crippen molar-refractivity contribution in [2.45, 2.75) is 39.2 Å². The Kier molecular flexibility index (Phi) is 6.73. The van der Waals surface area contributed by atoms with Crippen LogP contribution in [0.3, 0.4) is 0 Å². The van der Waals surface area contributed by atoms with Crippen molar-refractivity contribution >= 4 is 17.5 Å². The first-order chi connectivity index (χ1) is 9.58. The molecule has 4 N–H and O–H groups in total. The SMILES string of the molecule is CCCNC(=O)c1ccc(NC(=O)C(N)CCC)cc1. The lowest BCUT2D eigenvalue weighted by Gasteiger charge is -2.11. The molecule has 1 rings (SSSR count). The third kappa shape index (κ3) is 5.01. The molecule has 0 spiro atoms. The van der Waals surface area contributed by atoms with Gasteiger partial charge in [0.15, 0.2) is 0 Å². The van der Waals surface area contributed by atoms with Crippen LogP contribution >= 0.6 is 0 Å². The van der Waals surface area contributed by atoms with E-state index in [0.29, 0.717) is 24.2 Å². The number of nitrogens with one attached hydrogen (secondary N) is 2. The number of carbonyl (C=O) groups excluding carboxylic acids is 2. The van der Waals surface area contributed by atoms with Gasteiger partial charge in [0.25, 0.3) is 5.91 Å². The lowest BCUT2D eigenvalue weighted by atomic mass is 10.1. The molecule has 2 amide bonds. The van der Waals surface area contributed by atoms with Crippen LogP contribution in [0.2, 0.25) is 0 Å². The minimum Gasteiger partial charge on any atom is -0.352 e. The van der Waals surface area contributed by atoms with Crippen molar-refractivity contribution in [1.82, 2.24) is 5.32 Å². The van der Waals surface area contributed by atoms with Crippen molar-refractivity contribution in [3.63, 3.8) is 0 Å². The van der Waals surface area contributed by atoms with Gasteiger partial charge in [-0.25, -0.2) is 0 Å². The molecule has 0 saturated heterocycles. The number of hydrogen-bond donors (Lipinski definition) is 3. The van der Waals surface area contributed by atoms with Gasteiger partial charge in [-0.1, -0.05) is 20.3 Å². The van der Waals surface area contributed by atoms with E-state index in [1.54, 1.807) is 24.3 Å². The average molecular weight is 277 g/mol. The summed E-state index contributed by atoms with van der Waals surface area (Å²) in [5.41, 5.74) is 6.96. The van der Waals surface area contributed by atoms with E-state index in [0.717, 1.165) is 12.8 Å². The van der Waals surface area contributed by atoms with Gasteiger partial charge in [-0.3, -0.25) is 9.59 Å². The summed E-state index contributed by atoms with van der Waals surface area (Å²) in [6.45, 7) is 4.64. The molecule has 20 heavy (non-hydrogen) atoms. The van der Waals surface area contributed by atoms with Gasteiger partial charge in [-0.15, -0.1) is 0 Å². The minimum absolute atomic E-state index is 0.104. The van der Waals surface area contributed by atoms with Crippen LogP contribution in [-0.4, -0.2) is 24.4 Å². The molecular formula is C15H23N3O2. The van der Waals surface area contributed by atoms with E-state index in [2.05, 4.69) is 10.6 Å². The normalized spacial score (nSPS) is 11.8. The van der Waals surface area contributed by atoms with Crippen molar-refractivity contribution in [1.29, 1.82) is 0 Å². The standard InChI is InChI=1S/C15H23N3O2/c1-3-5-13(16)15(20)18-12-8-6-11(7-9-12)14(19)17-10-4-2/h6-9,13H,3-5,10,16H2,1-2H3,(H,17,19)(H,18,20). The third-order valence-corrected chi connectivity index (χ3v) is 2.89. The molecule has 0 fully saturated rings. The molecule has 0 radical (unpaired) electrons. The topological polar surface area (TPSA) is 84.2 Å². The molecule has 0 heterocycles. The van der Waals surface area contributed by atoms with Crippen molar-refractivity contribution in [3.05, 3.63) is 29.8 Å². The molecular weight excluding hydrogens is 254 g/mol. The Morgan fingerprint density at radius 1 is 1.15 bits per heavy atom. The van der Waals surface area contributed by atoms with Crippen molar-refractivity contribution in [2.75, 3.05) is 11.9 Å². The van der Waals surface area contributed by atoms with E-state index >= 15 is 0 Å². The zero-order chi connectivity index (χ0) is 15.0. The van der Waals surface area contributed by atoms with Crippen LogP contribution in [0.15, 0.2) is 24.3 Å². The van der Waals surface area contributed by atoms with E-state index in [9.17, 15) is 9.59 Å². The predicted octanol–water partition coefficient (Wildman–Crippen LogP) is 1.89. The monoisotopic (exact) mass is 277 g/mol. The van der Waals surface area contributed by atoms with Crippen LogP contribution in [0.4, 0.5) is 5.69 Å². The van der Waals surface area contributed by atoms with Gasteiger partial charge in [-0.05, 0) is 37.1 Å². The van der Waals surface area contributed by atoms with E-state index in [-0.39, 0.29) is 11.8 Å². The molecule has 0 saturated carbocycles. The van der Waals surface area contributed by atoms with Crippen molar-refractivity contribution < 1.29 is 9.59 Å². The van der Waals surface area contributed by atoms with E-state index in [4.69, 9.17) is 5.73 Å². The van der Waals surface area contributed by atoms with Crippen LogP contribution in [0.1, 0.15) is 43.5 Å².